The van der Waals surface area contributed by atoms with E-state index in [1.54, 1.807) is 0 Å². The number of rotatable bonds is 40. The minimum atomic E-state index is 0.0652. The zero-order valence-corrected chi connectivity index (χ0v) is 33.7. The highest BCUT2D eigenvalue weighted by atomic mass is 16.5. The summed E-state index contributed by atoms with van der Waals surface area (Å²) in [7, 11) is 0. The van der Waals surface area contributed by atoms with Gasteiger partial charge in [0.2, 0.25) is 0 Å². The van der Waals surface area contributed by atoms with Gasteiger partial charge >= 0.3 is 11.9 Å². The Morgan fingerprint density at radius 1 is 0.367 bits per heavy atom. The third-order valence-corrected chi connectivity index (χ3v) is 10.3. The number of unbranched alkanes of at least 4 members (excludes halogenated alkanes) is 22. The quantitative estimate of drug-likeness (QED) is 0.0511. The van der Waals surface area contributed by atoms with Gasteiger partial charge in [0.05, 0.1) is 25.0 Å². The van der Waals surface area contributed by atoms with E-state index in [4.69, 9.17) is 9.47 Å². The normalized spacial score (nSPS) is 12.7. The molecular formula is C44H87NO4. The topological polar surface area (TPSA) is 64.6 Å². The number of hydrogen-bond donors (Lipinski definition) is 1. The van der Waals surface area contributed by atoms with Crippen LogP contribution in [-0.4, -0.2) is 38.2 Å². The number of ether oxygens (including phenoxy) is 2. The van der Waals surface area contributed by atoms with Crippen LogP contribution in [0.25, 0.3) is 0 Å². The molecule has 0 saturated heterocycles. The van der Waals surface area contributed by atoms with Crippen molar-refractivity contribution in [2.45, 2.75) is 233 Å². The first-order valence-electron chi connectivity index (χ1n) is 22.1. The monoisotopic (exact) mass is 694 g/mol. The van der Waals surface area contributed by atoms with Crippen LogP contribution in [0.4, 0.5) is 0 Å². The lowest BCUT2D eigenvalue weighted by atomic mass is 9.94. The molecule has 0 rings (SSSR count). The second kappa shape index (κ2) is 39.7. The van der Waals surface area contributed by atoms with Gasteiger partial charge in [-0.1, -0.05) is 182 Å². The molecule has 5 nitrogen and oxygen atoms in total. The molecule has 0 spiro atoms. The van der Waals surface area contributed by atoms with Gasteiger partial charge in [0.1, 0.15) is 0 Å². The highest BCUT2D eigenvalue weighted by Crippen LogP contribution is 2.22. The van der Waals surface area contributed by atoms with Gasteiger partial charge in [0.25, 0.3) is 0 Å². The van der Waals surface area contributed by atoms with Crippen LogP contribution < -0.4 is 5.32 Å². The fourth-order valence-electron chi connectivity index (χ4n) is 6.85. The molecule has 0 bridgehead atoms. The van der Waals surface area contributed by atoms with Crippen molar-refractivity contribution in [2.75, 3.05) is 26.3 Å². The zero-order valence-electron chi connectivity index (χ0n) is 33.7. The molecule has 0 fully saturated rings. The molecule has 0 aromatic carbocycles. The molecule has 5 heteroatoms. The molecule has 0 radical (unpaired) electrons. The van der Waals surface area contributed by atoms with E-state index in [2.05, 4.69) is 33.0 Å². The minimum Gasteiger partial charge on any atom is -0.465 e. The molecular weight excluding hydrogens is 606 g/mol. The molecule has 0 heterocycles. The molecule has 2 atom stereocenters. The molecule has 2 unspecified atom stereocenters. The fourth-order valence-corrected chi connectivity index (χ4v) is 6.85. The van der Waals surface area contributed by atoms with Gasteiger partial charge in [0.15, 0.2) is 0 Å². The van der Waals surface area contributed by atoms with E-state index in [0.29, 0.717) is 13.2 Å². The van der Waals surface area contributed by atoms with Crippen molar-refractivity contribution in [1.82, 2.24) is 5.32 Å². The van der Waals surface area contributed by atoms with Crippen molar-refractivity contribution in [3.63, 3.8) is 0 Å². The number of nitrogens with one attached hydrogen (secondary N) is 1. The van der Waals surface area contributed by atoms with Crippen LogP contribution in [0.5, 0.6) is 0 Å². The Morgan fingerprint density at radius 2 is 0.633 bits per heavy atom. The Kier molecular flexibility index (Phi) is 38.8. The van der Waals surface area contributed by atoms with E-state index in [9.17, 15) is 9.59 Å². The highest BCUT2D eigenvalue weighted by Gasteiger charge is 2.20. The Labute approximate surface area is 307 Å². The number of hydrogen-bond acceptors (Lipinski definition) is 5. The van der Waals surface area contributed by atoms with Gasteiger partial charge in [-0.2, -0.15) is 0 Å². The maximum absolute atomic E-state index is 12.8. The molecule has 1 N–H and O–H groups in total. The summed E-state index contributed by atoms with van der Waals surface area (Å²) < 4.78 is 11.5. The Hall–Kier alpha value is -1.10. The van der Waals surface area contributed by atoms with Crippen LogP contribution in [0, 0.1) is 11.8 Å². The standard InChI is InChI=1S/C44H87NO4/c1-5-9-13-17-19-27-35-41(33-25-15-11-7-3)43(46)48-39-31-23-21-29-37-45-38-30-22-24-32-40-49-44(47)42(34-26-16-12-8-4)36-28-20-18-14-10-6-2/h41-42,45H,5-40H2,1-4H3. The molecule has 0 amide bonds. The Balaban J connectivity index is 3.88. The predicted molar refractivity (Wildman–Crippen MR) is 212 cm³/mol. The van der Waals surface area contributed by atoms with Crippen LogP contribution in [0.2, 0.25) is 0 Å². The maximum atomic E-state index is 12.8. The SMILES string of the molecule is CCCCCCCCC(CCCCCC)C(=O)OCCCCCCNCCCCCCOC(=O)C(CCCCCC)CCCCCCCC. The van der Waals surface area contributed by atoms with Crippen LogP contribution in [0.3, 0.4) is 0 Å². The fraction of sp³-hybridized carbons (Fsp3) is 0.955. The van der Waals surface area contributed by atoms with Crippen LogP contribution >= 0.6 is 0 Å². The minimum absolute atomic E-state index is 0.0652. The van der Waals surface area contributed by atoms with E-state index in [0.717, 1.165) is 77.3 Å². The first-order chi connectivity index (χ1) is 24.1. The number of esters is 2. The van der Waals surface area contributed by atoms with Crippen LogP contribution in [0.1, 0.15) is 233 Å². The molecule has 0 aromatic rings. The largest absolute Gasteiger partial charge is 0.465 e. The summed E-state index contributed by atoms with van der Waals surface area (Å²) >= 11 is 0. The average molecular weight is 694 g/mol. The molecule has 0 aliphatic heterocycles. The van der Waals surface area contributed by atoms with Gasteiger partial charge < -0.3 is 14.8 Å². The molecule has 292 valence electrons. The zero-order chi connectivity index (χ0) is 35.9. The third-order valence-electron chi connectivity index (χ3n) is 10.3. The van der Waals surface area contributed by atoms with Crippen molar-refractivity contribution in [3.8, 4) is 0 Å². The van der Waals surface area contributed by atoms with E-state index in [-0.39, 0.29) is 23.8 Å². The van der Waals surface area contributed by atoms with Crippen molar-refractivity contribution in [2.24, 2.45) is 11.8 Å². The third kappa shape index (κ3) is 33.8. The summed E-state index contributed by atoms with van der Waals surface area (Å²) in [6, 6.07) is 0. The van der Waals surface area contributed by atoms with Crippen LogP contribution in [-0.2, 0) is 19.1 Å². The molecule has 0 saturated carbocycles. The maximum Gasteiger partial charge on any atom is 0.308 e. The lowest BCUT2D eigenvalue weighted by Gasteiger charge is -2.16. The number of carbonyl (C=O) groups is 2. The van der Waals surface area contributed by atoms with Crippen molar-refractivity contribution in [3.05, 3.63) is 0 Å². The summed E-state index contributed by atoms with van der Waals surface area (Å²) in [6.07, 6.45) is 38.1. The molecule has 49 heavy (non-hydrogen) atoms. The second-order valence-electron chi connectivity index (χ2n) is 15.1. The highest BCUT2D eigenvalue weighted by molar-refractivity contribution is 5.72. The smallest absolute Gasteiger partial charge is 0.308 e. The summed E-state index contributed by atoms with van der Waals surface area (Å²) in [5.74, 6) is 0.352. The molecule has 0 aromatic heterocycles. The van der Waals surface area contributed by atoms with E-state index >= 15 is 0 Å². The average Bonchev–Trinajstić information content (AvgIpc) is 3.10. The van der Waals surface area contributed by atoms with Gasteiger partial charge in [-0.15, -0.1) is 0 Å². The lowest BCUT2D eigenvalue weighted by molar-refractivity contribution is -0.150. The van der Waals surface area contributed by atoms with Crippen LogP contribution in [0.15, 0.2) is 0 Å². The summed E-state index contributed by atoms with van der Waals surface area (Å²) in [5, 5.41) is 3.59. The van der Waals surface area contributed by atoms with Gasteiger partial charge in [-0.3, -0.25) is 9.59 Å². The van der Waals surface area contributed by atoms with E-state index < -0.39 is 0 Å². The van der Waals surface area contributed by atoms with Crippen molar-refractivity contribution in [1.29, 1.82) is 0 Å². The Bertz CT molecular complexity index is 628. The van der Waals surface area contributed by atoms with Crippen molar-refractivity contribution < 1.29 is 19.1 Å². The van der Waals surface area contributed by atoms with E-state index in [1.165, 1.54) is 141 Å². The van der Waals surface area contributed by atoms with Gasteiger partial charge in [0, 0.05) is 0 Å². The molecule has 0 aliphatic carbocycles. The Morgan fingerprint density at radius 3 is 0.980 bits per heavy atom. The summed E-state index contributed by atoms with van der Waals surface area (Å²) in [6.45, 7) is 12.3. The first kappa shape index (κ1) is 47.9. The predicted octanol–water partition coefficient (Wildman–Crippen LogP) is 13.5. The van der Waals surface area contributed by atoms with E-state index in [1.807, 2.05) is 0 Å². The summed E-state index contributed by atoms with van der Waals surface area (Å²) in [5.41, 5.74) is 0. The second-order valence-corrected chi connectivity index (χ2v) is 15.1. The number of carbonyl (C=O) groups excluding carboxylic acids is 2. The van der Waals surface area contributed by atoms with Crippen molar-refractivity contribution >= 4 is 11.9 Å². The summed E-state index contributed by atoms with van der Waals surface area (Å²) in [4.78, 5) is 25.6. The van der Waals surface area contributed by atoms with Gasteiger partial charge in [-0.25, -0.2) is 0 Å². The first-order valence-corrected chi connectivity index (χ1v) is 22.1. The lowest BCUT2D eigenvalue weighted by Crippen LogP contribution is -2.19. The van der Waals surface area contributed by atoms with Gasteiger partial charge in [-0.05, 0) is 64.5 Å². The molecule has 0 aliphatic rings.